The van der Waals surface area contributed by atoms with E-state index in [-0.39, 0.29) is 44.5 Å². The summed E-state index contributed by atoms with van der Waals surface area (Å²) >= 11 is 1.40. The first-order chi connectivity index (χ1) is 30.9. The van der Waals surface area contributed by atoms with Gasteiger partial charge >= 0.3 is 16.4 Å². The van der Waals surface area contributed by atoms with E-state index in [4.69, 9.17) is 10.3 Å². The minimum atomic E-state index is -4.73. The number of hydrogen-bond donors (Lipinski definition) is 10. The van der Waals surface area contributed by atoms with Crippen LogP contribution in [0.2, 0.25) is 0 Å². The lowest BCUT2D eigenvalue weighted by atomic mass is 10.0. The molecule has 0 aliphatic rings. The SMILES string of the molecule is CSCC[C@H](NC(=O)[C@H](Cc1c[nH]c2ccccc12)NCCCNC(=O)[C@H](Cc1ccc(OS(=O)(=O)O)cc1)NC(C)=O)C(=O)N[C@@H](CC(=O)O)C(=O)N[C@@H](Cc1ccccc1)C(N)=O. The van der Waals surface area contributed by atoms with Gasteiger partial charge in [0.1, 0.15) is 29.9 Å². The fourth-order valence-corrected chi connectivity index (χ4v) is 7.57. The number of rotatable bonds is 27. The predicted molar refractivity (Wildman–Crippen MR) is 242 cm³/mol. The van der Waals surface area contributed by atoms with Crippen LogP contribution < -0.4 is 41.8 Å². The zero-order valence-electron chi connectivity index (χ0n) is 35.7. The molecule has 4 rings (SSSR count). The molecule has 0 aliphatic carbocycles. The first-order valence-corrected chi connectivity index (χ1v) is 23.2. The summed E-state index contributed by atoms with van der Waals surface area (Å²) in [5.74, 6) is -5.34. The Hall–Kier alpha value is -6.49. The van der Waals surface area contributed by atoms with E-state index in [0.717, 1.165) is 16.5 Å². The zero-order valence-corrected chi connectivity index (χ0v) is 37.3. The van der Waals surface area contributed by atoms with Gasteiger partial charge in [0.2, 0.25) is 35.4 Å². The second-order valence-electron chi connectivity index (χ2n) is 15.0. The van der Waals surface area contributed by atoms with Crippen molar-refractivity contribution >= 4 is 74.5 Å². The third kappa shape index (κ3) is 17.5. The van der Waals surface area contributed by atoms with Gasteiger partial charge in [0.05, 0.1) is 12.5 Å². The molecule has 65 heavy (non-hydrogen) atoms. The summed E-state index contributed by atoms with van der Waals surface area (Å²) in [5, 5.41) is 26.8. The second kappa shape index (κ2) is 25.1. The molecule has 0 bridgehead atoms. The second-order valence-corrected chi connectivity index (χ2v) is 17.0. The van der Waals surface area contributed by atoms with Gasteiger partial charge in [-0.25, -0.2) is 0 Å². The summed E-state index contributed by atoms with van der Waals surface area (Å²) < 4.78 is 35.4. The molecule has 4 aromatic rings. The minimum Gasteiger partial charge on any atom is -0.481 e. The number of benzene rings is 3. The Bertz CT molecular complexity index is 2380. The molecule has 0 spiro atoms. The highest BCUT2D eigenvalue weighted by Crippen LogP contribution is 2.20. The summed E-state index contributed by atoms with van der Waals surface area (Å²) in [6.45, 7) is 1.58. The molecule has 5 atom stereocenters. The molecule has 20 nitrogen and oxygen atoms in total. The van der Waals surface area contributed by atoms with Crippen LogP contribution in [0.15, 0.2) is 85.1 Å². The summed E-state index contributed by atoms with van der Waals surface area (Å²) in [6.07, 6.45) is 3.40. The maximum atomic E-state index is 14.1. The van der Waals surface area contributed by atoms with E-state index < -0.39 is 88.4 Å². The summed E-state index contributed by atoms with van der Waals surface area (Å²) in [7, 11) is -4.73. The number of fused-ring (bicyclic) bond motifs is 1. The molecule has 6 amide bonds. The number of primary amides is 1. The molecule has 0 radical (unpaired) electrons. The van der Waals surface area contributed by atoms with E-state index in [1.807, 2.05) is 24.3 Å². The first-order valence-electron chi connectivity index (χ1n) is 20.5. The minimum absolute atomic E-state index is 0.0219. The number of carboxylic acid groups (broad SMARTS) is 1. The molecule has 350 valence electrons. The number of para-hydroxylation sites is 1. The molecular formula is C43H54N8O12S2. The van der Waals surface area contributed by atoms with Crippen molar-refractivity contribution in [2.45, 2.75) is 75.7 Å². The number of aliphatic carboxylic acids is 1. The van der Waals surface area contributed by atoms with Crippen LogP contribution in [0.25, 0.3) is 10.9 Å². The number of nitrogens with two attached hydrogens (primary N) is 1. The molecule has 1 aromatic heterocycles. The molecule has 3 aromatic carbocycles. The monoisotopic (exact) mass is 938 g/mol. The maximum absolute atomic E-state index is 14.1. The molecule has 11 N–H and O–H groups in total. The molecule has 1 heterocycles. The van der Waals surface area contributed by atoms with Crippen molar-refractivity contribution in [2.75, 3.05) is 25.1 Å². The van der Waals surface area contributed by atoms with Crippen molar-refractivity contribution in [3.63, 3.8) is 0 Å². The normalized spacial score (nSPS) is 13.6. The smallest absolute Gasteiger partial charge is 0.446 e. The average Bonchev–Trinajstić information content (AvgIpc) is 3.66. The van der Waals surface area contributed by atoms with Crippen LogP contribution in [0.4, 0.5) is 0 Å². The van der Waals surface area contributed by atoms with Crippen molar-refractivity contribution in [3.05, 3.63) is 102 Å². The van der Waals surface area contributed by atoms with Gasteiger partial charge < -0.3 is 51.9 Å². The predicted octanol–water partition coefficient (Wildman–Crippen LogP) is 0.514. The topological polar surface area (TPSA) is 317 Å². The van der Waals surface area contributed by atoms with Gasteiger partial charge in [-0.2, -0.15) is 20.2 Å². The third-order valence-electron chi connectivity index (χ3n) is 9.92. The van der Waals surface area contributed by atoms with E-state index >= 15 is 0 Å². The molecule has 0 saturated carbocycles. The van der Waals surface area contributed by atoms with Gasteiger partial charge in [-0.05, 0) is 72.7 Å². The number of carbonyl (C=O) groups excluding carboxylic acids is 6. The maximum Gasteiger partial charge on any atom is 0.446 e. The van der Waals surface area contributed by atoms with Crippen LogP contribution in [0.1, 0.15) is 42.9 Å². The number of carbonyl (C=O) groups is 7. The summed E-state index contributed by atoms with van der Waals surface area (Å²) in [4.78, 5) is 93.9. The Morgan fingerprint density at radius 3 is 1.97 bits per heavy atom. The first kappa shape index (κ1) is 51.1. The van der Waals surface area contributed by atoms with E-state index in [0.29, 0.717) is 23.3 Å². The molecule has 0 aliphatic heterocycles. The molecule has 0 fully saturated rings. The van der Waals surface area contributed by atoms with Gasteiger partial charge in [-0.15, -0.1) is 0 Å². The van der Waals surface area contributed by atoms with Crippen molar-refractivity contribution in [1.29, 1.82) is 0 Å². The van der Waals surface area contributed by atoms with Crippen molar-refractivity contribution in [1.82, 2.24) is 36.9 Å². The van der Waals surface area contributed by atoms with E-state index in [1.54, 1.807) is 42.8 Å². The Labute approximate surface area is 379 Å². The summed E-state index contributed by atoms with van der Waals surface area (Å²) in [5.41, 5.74) is 8.43. The fourth-order valence-electron chi connectivity index (χ4n) is 6.75. The van der Waals surface area contributed by atoms with Crippen LogP contribution in [0, 0.1) is 0 Å². The van der Waals surface area contributed by atoms with Crippen LogP contribution in [0.3, 0.4) is 0 Å². The Morgan fingerprint density at radius 1 is 0.723 bits per heavy atom. The van der Waals surface area contributed by atoms with Crippen molar-refractivity contribution < 1.29 is 55.8 Å². The van der Waals surface area contributed by atoms with E-state index in [9.17, 15) is 47.1 Å². The number of aromatic nitrogens is 1. The average molecular weight is 939 g/mol. The Balaban J connectivity index is 1.44. The number of amides is 6. The van der Waals surface area contributed by atoms with E-state index in [2.05, 4.69) is 41.1 Å². The van der Waals surface area contributed by atoms with Gasteiger partial charge in [0.15, 0.2) is 0 Å². The van der Waals surface area contributed by atoms with Gasteiger partial charge in [0, 0.05) is 43.4 Å². The molecule has 22 heteroatoms. The number of H-pyrrole nitrogens is 1. The van der Waals surface area contributed by atoms with Crippen LogP contribution in [-0.4, -0.2) is 120 Å². The zero-order chi connectivity index (χ0) is 47.5. The number of hydrogen-bond acceptors (Lipinski definition) is 12. The number of aromatic amines is 1. The summed E-state index contributed by atoms with van der Waals surface area (Å²) in [6, 6.07) is 15.7. The van der Waals surface area contributed by atoms with Crippen LogP contribution >= 0.6 is 11.8 Å². The molecular weight excluding hydrogens is 885 g/mol. The van der Waals surface area contributed by atoms with Crippen molar-refractivity contribution in [2.24, 2.45) is 5.73 Å². The van der Waals surface area contributed by atoms with Crippen LogP contribution in [0.5, 0.6) is 5.75 Å². The number of carboxylic acids is 1. The standard InChI is InChI=1S/C43H54N8O12S2/c1-26(52)48-36(22-28-13-15-30(16-14-28)63-65(60,61)62)40(56)46-19-8-18-45-35(23-29-25-47-32-12-7-6-11-31(29)32)42(58)49-33(17-20-64-2)41(57)51-37(24-38(53)54)43(59)50-34(39(44)55)21-27-9-4-3-5-10-27/h3-7,9-16,25,33-37,45,47H,8,17-24H2,1-2H3,(H2,44,55)(H,46,56)(H,48,52)(H,49,58)(H,50,59)(H,51,57)(H,53,54)(H,60,61,62)/t33-,34-,35-,36-,37-/m0/s1. The molecule has 0 saturated heterocycles. The quantitative estimate of drug-likeness (QED) is 0.0288. The fraction of sp³-hybridized carbons (Fsp3) is 0.372. The van der Waals surface area contributed by atoms with Crippen LogP contribution in [-0.2, 0) is 63.2 Å². The number of nitrogens with one attached hydrogen (secondary N) is 7. The Kier molecular flexibility index (Phi) is 19.8. The van der Waals surface area contributed by atoms with Gasteiger partial charge in [-0.3, -0.25) is 38.1 Å². The number of thioether (sulfide) groups is 1. The third-order valence-corrected chi connectivity index (χ3v) is 11.0. The highest BCUT2D eigenvalue weighted by molar-refractivity contribution is 7.98. The largest absolute Gasteiger partial charge is 0.481 e. The lowest BCUT2D eigenvalue weighted by Crippen LogP contribution is -2.58. The van der Waals surface area contributed by atoms with Gasteiger partial charge in [0.25, 0.3) is 0 Å². The highest BCUT2D eigenvalue weighted by Gasteiger charge is 2.32. The van der Waals surface area contributed by atoms with Crippen molar-refractivity contribution in [3.8, 4) is 5.75 Å². The van der Waals surface area contributed by atoms with E-state index in [1.165, 1.54) is 43.0 Å². The Morgan fingerprint density at radius 2 is 1.32 bits per heavy atom. The lowest BCUT2D eigenvalue weighted by Gasteiger charge is -2.26. The molecule has 0 unspecified atom stereocenters. The lowest BCUT2D eigenvalue weighted by molar-refractivity contribution is -0.141. The van der Waals surface area contributed by atoms with Gasteiger partial charge in [-0.1, -0.05) is 60.7 Å². The highest BCUT2D eigenvalue weighted by atomic mass is 32.3.